The van der Waals surface area contributed by atoms with E-state index < -0.39 is 0 Å². The molecule has 0 bridgehead atoms. The van der Waals surface area contributed by atoms with Gasteiger partial charge in [0.2, 0.25) is 0 Å². The molecule has 0 N–H and O–H groups in total. The lowest BCUT2D eigenvalue weighted by atomic mass is 10.1. The van der Waals surface area contributed by atoms with Crippen LogP contribution < -0.4 is 4.90 Å². The predicted octanol–water partition coefficient (Wildman–Crippen LogP) is 3.24. The Labute approximate surface area is 113 Å². The maximum atomic E-state index is 12.3. The van der Waals surface area contributed by atoms with Gasteiger partial charge >= 0.3 is 0 Å². The summed E-state index contributed by atoms with van der Waals surface area (Å²) in [5.74, 6) is 0.191. The first-order chi connectivity index (χ1) is 9.24. The first-order valence-corrected chi connectivity index (χ1v) is 6.67. The minimum absolute atomic E-state index is 0.191. The molecule has 2 heteroatoms. The lowest BCUT2D eigenvalue weighted by Gasteiger charge is -2.18. The quantitative estimate of drug-likeness (QED) is 0.780. The van der Waals surface area contributed by atoms with Gasteiger partial charge in [0.05, 0.1) is 6.54 Å². The topological polar surface area (TPSA) is 20.3 Å². The van der Waals surface area contributed by atoms with Crippen LogP contribution in [0.1, 0.15) is 21.5 Å². The van der Waals surface area contributed by atoms with Crippen molar-refractivity contribution in [3.63, 3.8) is 0 Å². The molecule has 0 aromatic heterocycles. The predicted molar refractivity (Wildman–Crippen MR) is 77.9 cm³/mol. The Balaban J connectivity index is 1.76. The Kier molecular flexibility index (Phi) is 3.08. The van der Waals surface area contributed by atoms with Crippen molar-refractivity contribution in [2.24, 2.45) is 0 Å². The minimum Gasteiger partial charge on any atom is -0.363 e. The van der Waals surface area contributed by atoms with Gasteiger partial charge in [-0.05, 0) is 25.0 Å². The van der Waals surface area contributed by atoms with Crippen molar-refractivity contribution in [3.05, 3.63) is 65.2 Å². The fourth-order valence-electron chi connectivity index (χ4n) is 2.57. The number of carbonyl (C=O) groups is 1. The summed E-state index contributed by atoms with van der Waals surface area (Å²) in [7, 11) is 0. The van der Waals surface area contributed by atoms with E-state index in [1.165, 1.54) is 16.8 Å². The number of ketones is 1. The first kappa shape index (κ1) is 12.0. The normalized spacial score (nSPS) is 13.4. The highest BCUT2D eigenvalue weighted by atomic mass is 16.1. The number of Topliss-reactive ketones (excluding diaryl/α,β-unsaturated/α-hetero) is 1. The first-order valence-electron chi connectivity index (χ1n) is 6.67. The summed E-state index contributed by atoms with van der Waals surface area (Å²) in [5, 5.41) is 0. The largest absolute Gasteiger partial charge is 0.363 e. The van der Waals surface area contributed by atoms with E-state index in [2.05, 4.69) is 23.1 Å². The van der Waals surface area contributed by atoms with Gasteiger partial charge in [-0.3, -0.25) is 4.79 Å². The summed E-state index contributed by atoms with van der Waals surface area (Å²) in [4.78, 5) is 14.5. The second-order valence-corrected chi connectivity index (χ2v) is 5.09. The number of hydrogen-bond donors (Lipinski definition) is 0. The van der Waals surface area contributed by atoms with E-state index >= 15 is 0 Å². The molecule has 2 nitrogen and oxygen atoms in total. The van der Waals surface area contributed by atoms with Crippen LogP contribution in [0.2, 0.25) is 0 Å². The van der Waals surface area contributed by atoms with Gasteiger partial charge in [-0.1, -0.05) is 48.0 Å². The third-order valence-electron chi connectivity index (χ3n) is 3.69. The fourth-order valence-corrected chi connectivity index (χ4v) is 2.57. The summed E-state index contributed by atoms with van der Waals surface area (Å²) in [6, 6.07) is 16.2. The number of benzene rings is 2. The number of rotatable bonds is 3. The number of aryl methyl sites for hydroxylation is 1. The zero-order valence-corrected chi connectivity index (χ0v) is 11.1. The average Bonchev–Trinajstić information content (AvgIpc) is 2.83. The van der Waals surface area contributed by atoms with E-state index in [-0.39, 0.29) is 5.78 Å². The molecule has 0 saturated carbocycles. The molecule has 1 heterocycles. The molecule has 1 aliphatic heterocycles. The van der Waals surface area contributed by atoms with Gasteiger partial charge in [-0.15, -0.1) is 0 Å². The fraction of sp³-hybridized carbons (Fsp3) is 0.235. The maximum absolute atomic E-state index is 12.3. The van der Waals surface area contributed by atoms with E-state index in [9.17, 15) is 4.79 Å². The van der Waals surface area contributed by atoms with Crippen molar-refractivity contribution in [3.8, 4) is 0 Å². The number of para-hydroxylation sites is 1. The van der Waals surface area contributed by atoms with Gasteiger partial charge in [-0.2, -0.15) is 0 Å². The zero-order valence-electron chi connectivity index (χ0n) is 11.1. The molecule has 1 aliphatic rings. The molecule has 19 heavy (non-hydrogen) atoms. The van der Waals surface area contributed by atoms with E-state index in [0.717, 1.165) is 18.5 Å². The summed E-state index contributed by atoms with van der Waals surface area (Å²) in [5.41, 5.74) is 4.54. The van der Waals surface area contributed by atoms with Gasteiger partial charge in [0, 0.05) is 17.8 Å². The van der Waals surface area contributed by atoms with Crippen LogP contribution >= 0.6 is 0 Å². The molecule has 96 valence electrons. The number of nitrogens with zero attached hydrogens (tertiary/aromatic N) is 1. The monoisotopic (exact) mass is 251 g/mol. The second-order valence-electron chi connectivity index (χ2n) is 5.09. The molecule has 0 radical (unpaired) electrons. The van der Waals surface area contributed by atoms with Crippen LogP contribution in [0.25, 0.3) is 0 Å². The minimum atomic E-state index is 0.191. The van der Waals surface area contributed by atoms with Crippen LogP contribution in [0.3, 0.4) is 0 Å². The standard InChI is InChI=1S/C17H17NO/c1-13-6-8-15(9-7-13)17(19)12-18-11-10-14-4-2-3-5-16(14)18/h2-9H,10-12H2,1H3. The van der Waals surface area contributed by atoms with Gasteiger partial charge in [0.25, 0.3) is 0 Å². The summed E-state index contributed by atoms with van der Waals surface area (Å²) < 4.78 is 0. The van der Waals surface area contributed by atoms with Crippen molar-refractivity contribution in [1.29, 1.82) is 0 Å². The lowest BCUT2D eigenvalue weighted by Crippen LogP contribution is -2.27. The van der Waals surface area contributed by atoms with Gasteiger partial charge in [-0.25, -0.2) is 0 Å². The van der Waals surface area contributed by atoms with Crippen LogP contribution in [0, 0.1) is 6.92 Å². The summed E-state index contributed by atoms with van der Waals surface area (Å²) in [6.45, 7) is 3.45. The molecular weight excluding hydrogens is 234 g/mol. The summed E-state index contributed by atoms with van der Waals surface area (Å²) in [6.07, 6.45) is 1.04. The molecule has 2 aromatic carbocycles. The highest BCUT2D eigenvalue weighted by Gasteiger charge is 2.20. The molecule has 0 saturated heterocycles. The van der Waals surface area contributed by atoms with Gasteiger partial charge in [0.15, 0.2) is 5.78 Å². The molecule has 0 fully saturated rings. The van der Waals surface area contributed by atoms with Crippen LogP contribution in [-0.2, 0) is 6.42 Å². The Morgan fingerprint density at radius 1 is 1.11 bits per heavy atom. The van der Waals surface area contributed by atoms with E-state index in [0.29, 0.717) is 6.54 Å². The molecule has 2 aromatic rings. The molecular formula is C17H17NO. The van der Waals surface area contributed by atoms with Crippen LogP contribution in [0.15, 0.2) is 48.5 Å². The van der Waals surface area contributed by atoms with Crippen molar-refractivity contribution in [1.82, 2.24) is 0 Å². The highest BCUT2D eigenvalue weighted by molar-refractivity contribution is 5.99. The molecule has 0 unspecified atom stereocenters. The van der Waals surface area contributed by atoms with Crippen LogP contribution in [-0.4, -0.2) is 18.9 Å². The zero-order chi connectivity index (χ0) is 13.2. The van der Waals surface area contributed by atoms with Gasteiger partial charge < -0.3 is 4.90 Å². The number of carbonyl (C=O) groups excluding carboxylic acids is 1. The smallest absolute Gasteiger partial charge is 0.182 e. The van der Waals surface area contributed by atoms with Gasteiger partial charge in [0.1, 0.15) is 0 Å². The molecule has 0 spiro atoms. The Morgan fingerprint density at radius 2 is 1.84 bits per heavy atom. The van der Waals surface area contributed by atoms with E-state index in [1.54, 1.807) is 0 Å². The third-order valence-corrected chi connectivity index (χ3v) is 3.69. The number of hydrogen-bond acceptors (Lipinski definition) is 2. The van der Waals surface area contributed by atoms with Crippen molar-refractivity contribution in [2.75, 3.05) is 18.0 Å². The average molecular weight is 251 g/mol. The second kappa shape index (κ2) is 4.88. The Hall–Kier alpha value is -2.09. The lowest BCUT2D eigenvalue weighted by molar-refractivity contribution is 0.0999. The maximum Gasteiger partial charge on any atom is 0.182 e. The number of fused-ring (bicyclic) bond motifs is 1. The van der Waals surface area contributed by atoms with Crippen molar-refractivity contribution >= 4 is 11.5 Å². The molecule has 3 rings (SSSR count). The Bertz CT molecular complexity index is 601. The molecule has 0 amide bonds. The summed E-state index contributed by atoms with van der Waals surface area (Å²) >= 11 is 0. The number of anilines is 1. The molecule has 0 aliphatic carbocycles. The molecule has 0 atom stereocenters. The van der Waals surface area contributed by atoms with Crippen molar-refractivity contribution in [2.45, 2.75) is 13.3 Å². The SMILES string of the molecule is Cc1ccc(C(=O)CN2CCc3ccccc32)cc1. The van der Waals surface area contributed by atoms with Crippen LogP contribution in [0.5, 0.6) is 0 Å². The Morgan fingerprint density at radius 3 is 2.63 bits per heavy atom. The van der Waals surface area contributed by atoms with Crippen molar-refractivity contribution < 1.29 is 4.79 Å². The highest BCUT2D eigenvalue weighted by Crippen LogP contribution is 2.27. The third kappa shape index (κ3) is 2.39. The van der Waals surface area contributed by atoms with Crippen LogP contribution in [0.4, 0.5) is 5.69 Å². The van der Waals surface area contributed by atoms with E-state index in [1.807, 2.05) is 37.3 Å². The van der Waals surface area contributed by atoms with E-state index in [4.69, 9.17) is 0 Å².